The van der Waals surface area contributed by atoms with Crippen molar-refractivity contribution in [3.8, 4) is 11.5 Å². The van der Waals surface area contributed by atoms with E-state index in [4.69, 9.17) is 25.5 Å². The summed E-state index contributed by atoms with van der Waals surface area (Å²) in [6.45, 7) is 3.21. The zero-order valence-corrected chi connectivity index (χ0v) is 20.8. The molecule has 0 aliphatic carbocycles. The maximum Gasteiger partial charge on any atom is 0.344 e. The van der Waals surface area contributed by atoms with Gasteiger partial charge in [0.05, 0.1) is 0 Å². The number of hydrogen-bond acceptors (Lipinski definition) is 6. The van der Waals surface area contributed by atoms with Crippen molar-refractivity contribution in [1.29, 1.82) is 0 Å². The van der Waals surface area contributed by atoms with Gasteiger partial charge in [-0.3, -0.25) is 0 Å². The van der Waals surface area contributed by atoms with Crippen molar-refractivity contribution in [2.75, 3.05) is 13.1 Å². The lowest BCUT2D eigenvalue weighted by Crippen LogP contribution is -2.26. The Kier molecular flexibility index (Phi) is 8.81. The number of aliphatic carboxylic acids is 1. The summed E-state index contributed by atoms with van der Waals surface area (Å²) in [5.41, 5.74) is 2.58. The van der Waals surface area contributed by atoms with Gasteiger partial charge in [0.15, 0.2) is 17.8 Å². The molecule has 2 atom stereocenters. The Balaban J connectivity index is 1.34. The average Bonchev–Trinajstić information content (AvgIpc) is 3.32. The van der Waals surface area contributed by atoms with E-state index in [9.17, 15) is 9.90 Å². The van der Waals surface area contributed by atoms with Gasteiger partial charge in [-0.15, -0.1) is 0 Å². The molecule has 3 aromatic carbocycles. The Morgan fingerprint density at radius 1 is 1.03 bits per heavy atom. The maximum absolute atomic E-state index is 11.2. The molecule has 2 unspecified atom stereocenters. The van der Waals surface area contributed by atoms with Crippen LogP contribution >= 0.6 is 11.6 Å². The highest BCUT2D eigenvalue weighted by molar-refractivity contribution is 6.30. The number of nitrogens with one attached hydrogen (secondary N) is 1. The fraction of sp³-hybridized carbons (Fsp3) is 0.286. The van der Waals surface area contributed by atoms with Crippen molar-refractivity contribution in [2.24, 2.45) is 0 Å². The maximum atomic E-state index is 11.2. The van der Waals surface area contributed by atoms with E-state index in [0.29, 0.717) is 41.8 Å². The molecule has 0 radical (unpaired) electrons. The van der Waals surface area contributed by atoms with Crippen LogP contribution in [0.1, 0.15) is 37.3 Å². The van der Waals surface area contributed by atoms with E-state index in [1.807, 2.05) is 54.6 Å². The minimum Gasteiger partial charge on any atom is -0.481 e. The van der Waals surface area contributed by atoms with Crippen LogP contribution in [0.15, 0.2) is 77.2 Å². The quantitative estimate of drug-likeness (QED) is 0.212. The summed E-state index contributed by atoms with van der Waals surface area (Å²) in [7, 11) is 0. The van der Waals surface area contributed by atoms with Crippen LogP contribution in [0.3, 0.4) is 0 Å². The number of carbonyl (C=O) groups is 1. The fourth-order valence-electron chi connectivity index (χ4n) is 3.78. The predicted octanol–water partition coefficient (Wildman–Crippen LogP) is 6.07. The van der Waals surface area contributed by atoms with Crippen molar-refractivity contribution in [2.45, 2.75) is 38.4 Å². The number of aromatic nitrogens is 1. The molecule has 8 heteroatoms. The Morgan fingerprint density at radius 2 is 1.83 bits per heavy atom. The van der Waals surface area contributed by atoms with Gasteiger partial charge in [0.1, 0.15) is 17.0 Å². The topological polar surface area (TPSA) is 93.8 Å². The van der Waals surface area contributed by atoms with Gasteiger partial charge in [-0.1, -0.05) is 42.8 Å². The minimum absolute atomic E-state index is 0.371. The van der Waals surface area contributed by atoms with E-state index >= 15 is 0 Å². The van der Waals surface area contributed by atoms with E-state index in [1.165, 1.54) is 0 Å². The normalized spacial score (nSPS) is 12.8. The molecule has 0 amide bonds. The molecule has 7 nitrogen and oxygen atoms in total. The first-order valence-corrected chi connectivity index (χ1v) is 12.4. The first kappa shape index (κ1) is 25.5. The summed E-state index contributed by atoms with van der Waals surface area (Å²) in [6, 6.07) is 22.4. The Labute approximate surface area is 215 Å². The first-order valence-electron chi connectivity index (χ1n) is 12.0. The second-order valence-corrected chi connectivity index (χ2v) is 8.81. The van der Waals surface area contributed by atoms with E-state index < -0.39 is 12.1 Å². The van der Waals surface area contributed by atoms with Crippen LogP contribution in [0, 0.1) is 0 Å². The molecule has 1 aromatic heterocycles. The molecule has 4 aromatic rings. The van der Waals surface area contributed by atoms with Crippen molar-refractivity contribution in [3.05, 3.63) is 89.3 Å². The lowest BCUT2D eigenvalue weighted by atomic mass is 10.1. The van der Waals surface area contributed by atoms with Gasteiger partial charge in [-0.25, -0.2) is 9.78 Å². The van der Waals surface area contributed by atoms with Crippen LogP contribution in [0.5, 0.6) is 11.5 Å². The molecule has 0 spiro atoms. The van der Waals surface area contributed by atoms with Crippen molar-refractivity contribution >= 4 is 28.7 Å². The van der Waals surface area contributed by atoms with Gasteiger partial charge in [0, 0.05) is 11.4 Å². The van der Waals surface area contributed by atoms with Crippen molar-refractivity contribution < 1.29 is 23.8 Å². The Hall–Kier alpha value is -3.55. The second kappa shape index (κ2) is 12.4. The van der Waals surface area contributed by atoms with Gasteiger partial charge >= 0.3 is 5.97 Å². The van der Waals surface area contributed by atoms with Gasteiger partial charge in [0.2, 0.25) is 5.89 Å². The van der Waals surface area contributed by atoms with Gasteiger partial charge < -0.3 is 24.3 Å². The number of halogens is 1. The van der Waals surface area contributed by atoms with Gasteiger partial charge in [-0.2, -0.15) is 0 Å². The number of fused-ring (bicyclic) bond motifs is 1. The molecular formula is C28H29ClN2O5. The summed E-state index contributed by atoms with van der Waals surface area (Å²) < 4.78 is 17.8. The molecular weight excluding hydrogens is 480 g/mol. The molecule has 0 bridgehead atoms. The standard InChI is InChI=1S/C28H29ClN2O5/c1-2-24(28(32)33)35-22-7-5-6-19(18-22)14-16-30-17-15-26(34-21-12-10-20(29)11-13-21)27-31-23-8-3-4-9-25(23)36-27/h3-13,18,24,26,30H,2,14-17H2,1H3,(H,32,33). The third-order valence-corrected chi connectivity index (χ3v) is 5.93. The van der Waals surface area contributed by atoms with Crippen LogP contribution < -0.4 is 14.8 Å². The molecule has 0 saturated heterocycles. The van der Waals surface area contributed by atoms with E-state index in [1.54, 1.807) is 25.1 Å². The third-order valence-electron chi connectivity index (χ3n) is 5.67. The second-order valence-electron chi connectivity index (χ2n) is 8.37. The van der Waals surface area contributed by atoms with Crippen LogP contribution in [0.4, 0.5) is 0 Å². The summed E-state index contributed by atoms with van der Waals surface area (Å²) in [5.74, 6) is 0.824. The lowest BCUT2D eigenvalue weighted by Gasteiger charge is -2.17. The lowest BCUT2D eigenvalue weighted by molar-refractivity contribution is -0.145. The van der Waals surface area contributed by atoms with E-state index in [2.05, 4.69) is 10.3 Å². The number of para-hydroxylation sites is 2. The SMILES string of the molecule is CCC(Oc1cccc(CCNCCC(Oc2ccc(Cl)cc2)c2nc3ccccc3o2)c1)C(=O)O. The first-order chi connectivity index (χ1) is 17.5. The van der Waals surface area contributed by atoms with Crippen LogP contribution in [-0.4, -0.2) is 35.3 Å². The van der Waals surface area contributed by atoms with Crippen LogP contribution in [-0.2, 0) is 11.2 Å². The number of rotatable bonds is 13. The largest absolute Gasteiger partial charge is 0.481 e. The molecule has 0 fully saturated rings. The molecule has 4 rings (SSSR count). The average molecular weight is 509 g/mol. The number of nitrogens with zero attached hydrogens (tertiary/aromatic N) is 1. The number of ether oxygens (including phenoxy) is 2. The minimum atomic E-state index is -0.959. The number of carboxylic acids is 1. The summed E-state index contributed by atoms with van der Waals surface area (Å²) in [4.78, 5) is 15.9. The highest BCUT2D eigenvalue weighted by atomic mass is 35.5. The molecule has 1 heterocycles. The Morgan fingerprint density at radius 3 is 2.58 bits per heavy atom. The number of carboxylic acid groups (broad SMARTS) is 1. The number of oxazole rings is 1. The monoisotopic (exact) mass is 508 g/mol. The van der Waals surface area contributed by atoms with Gasteiger partial charge in [0.25, 0.3) is 0 Å². The highest BCUT2D eigenvalue weighted by Crippen LogP contribution is 2.28. The van der Waals surface area contributed by atoms with Gasteiger partial charge in [-0.05, 0) is 80.0 Å². The van der Waals surface area contributed by atoms with Crippen molar-refractivity contribution in [1.82, 2.24) is 10.3 Å². The summed E-state index contributed by atoms with van der Waals surface area (Å²) >= 11 is 6.01. The van der Waals surface area contributed by atoms with Crippen LogP contribution in [0.25, 0.3) is 11.1 Å². The smallest absolute Gasteiger partial charge is 0.344 e. The fourth-order valence-corrected chi connectivity index (χ4v) is 3.90. The molecule has 0 aliphatic rings. The number of benzene rings is 3. The zero-order chi connectivity index (χ0) is 25.3. The Bertz CT molecular complexity index is 1240. The van der Waals surface area contributed by atoms with E-state index in [-0.39, 0.29) is 6.10 Å². The molecule has 0 aliphatic heterocycles. The summed E-state index contributed by atoms with van der Waals surface area (Å²) in [6.07, 6.45) is 0.607. The zero-order valence-electron chi connectivity index (χ0n) is 20.0. The van der Waals surface area contributed by atoms with Crippen molar-refractivity contribution in [3.63, 3.8) is 0 Å². The van der Waals surface area contributed by atoms with E-state index in [0.717, 1.165) is 29.6 Å². The molecule has 0 saturated carbocycles. The molecule has 36 heavy (non-hydrogen) atoms. The summed E-state index contributed by atoms with van der Waals surface area (Å²) in [5, 5.41) is 13.3. The predicted molar refractivity (Wildman–Crippen MR) is 139 cm³/mol. The highest BCUT2D eigenvalue weighted by Gasteiger charge is 2.20. The van der Waals surface area contributed by atoms with Crippen LogP contribution in [0.2, 0.25) is 5.02 Å². The number of hydrogen-bond donors (Lipinski definition) is 2. The molecule has 2 N–H and O–H groups in total. The molecule has 188 valence electrons. The third kappa shape index (κ3) is 6.99.